The second-order valence-electron chi connectivity index (χ2n) is 4.60. The van der Waals surface area contributed by atoms with Gasteiger partial charge in [0.2, 0.25) is 0 Å². The molecule has 0 bridgehead atoms. The van der Waals surface area contributed by atoms with Crippen LogP contribution in [0.2, 0.25) is 0 Å². The largest absolute Gasteiger partial charge is 0.329 e. The van der Waals surface area contributed by atoms with E-state index in [0.717, 1.165) is 17.7 Å². The van der Waals surface area contributed by atoms with Crippen LogP contribution in [0, 0.1) is 5.92 Å². The molecule has 0 heterocycles. The first-order valence-corrected chi connectivity index (χ1v) is 6.56. The van der Waals surface area contributed by atoms with Crippen molar-refractivity contribution >= 4 is 11.8 Å². The van der Waals surface area contributed by atoms with E-state index in [9.17, 15) is 0 Å². The molecule has 0 spiro atoms. The van der Waals surface area contributed by atoms with Gasteiger partial charge in [-0.25, -0.2) is 0 Å². The van der Waals surface area contributed by atoms with Gasteiger partial charge in [-0.1, -0.05) is 26.2 Å². The van der Waals surface area contributed by atoms with Crippen LogP contribution in [0.25, 0.3) is 0 Å². The molecule has 2 aliphatic carbocycles. The first kappa shape index (κ1) is 9.85. The van der Waals surface area contributed by atoms with Crippen LogP contribution in [0.3, 0.4) is 0 Å². The summed E-state index contributed by atoms with van der Waals surface area (Å²) in [6.45, 7) is 3.21. The maximum Gasteiger partial charge on any atom is 0.0316 e. The Kier molecular flexibility index (Phi) is 2.89. The van der Waals surface area contributed by atoms with Gasteiger partial charge in [-0.15, -0.1) is 0 Å². The van der Waals surface area contributed by atoms with Crippen molar-refractivity contribution in [2.75, 3.05) is 6.54 Å². The van der Waals surface area contributed by atoms with Crippen LogP contribution >= 0.6 is 11.8 Å². The monoisotopic (exact) mass is 199 g/mol. The van der Waals surface area contributed by atoms with Crippen molar-refractivity contribution in [1.29, 1.82) is 0 Å². The molecule has 2 aliphatic rings. The minimum atomic E-state index is 0.518. The number of hydrogen-bond acceptors (Lipinski definition) is 2. The summed E-state index contributed by atoms with van der Waals surface area (Å²) in [7, 11) is 0. The van der Waals surface area contributed by atoms with Crippen molar-refractivity contribution in [2.24, 2.45) is 11.7 Å². The lowest BCUT2D eigenvalue weighted by Gasteiger charge is -2.19. The van der Waals surface area contributed by atoms with Gasteiger partial charge >= 0.3 is 0 Å². The van der Waals surface area contributed by atoms with Crippen LogP contribution < -0.4 is 5.73 Å². The topological polar surface area (TPSA) is 26.0 Å². The molecule has 2 saturated carbocycles. The van der Waals surface area contributed by atoms with Gasteiger partial charge in [-0.2, -0.15) is 11.8 Å². The highest BCUT2D eigenvalue weighted by Crippen LogP contribution is 2.58. The zero-order valence-corrected chi connectivity index (χ0v) is 9.41. The summed E-state index contributed by atoms with van der Waals surface area (Å²) in [5.74, 6) is 0.933. The summed E-state index contributed by atoms with van der Waals surface area (Å²) in [4.78, 5) is 0. The van der Waals surface area contributed by atoms with Gasteiger partial charge in [-0.3, -0.25) is 0 Å². The van der Waals surface area contributed by atoms with Gasteiger partial charge in [0, 0.05) is 16.5 Å². The molecule has 0 aromatic rings. The molecule has 13 heavy (non-hydrogen) atoms. The SMILES string of the molecule is CCC1CC1(CN)SC1CCCC1. The molecule has 2 heteroatoms. The van der Waals surface area contributed by atoms with Crippen molar-refractivity contribution in [3.8, 4) is 0 Å². The Morgan fingerprint density at radius 1 is 1.38 bits per heavy atom. The van der Waals surface area contributed by atoms with E-state index >= 15 is 0 Å². The third-order valence-corrected chi connectivity index (χ3v) is 5.66. The van der Waals surface area contributed by atoms with E-state index in [1.807, 2.05) is 0 Å². The molecule has 2 N–H and O–H groups in total. The molecule has 0 aromatic heterocycles. The summed E-state index contributed by atoms with van der Waals surface area (Å²) in [5.41, 5.74) is 5.89. The Morgan fingerprint density at radius 3 is 2.54 bits per heavy atom. The van der Waals surface area contributed by atoms with Crippen LogP contribution in [0.5, 0.6) is 0 Å². The van der Waals surface area contributed by atoms with Crippen molar-refractivity contribution < 1.29 is 0 Å². The zero-order valence-electron chi connectivity index (χ0n) is 8.59. The van der Waals surface area contributed by atoms with Crippen LogP contribution in [0.1, 0.15) is 45.4 Å². The molecule has 0 aliphatic heterocycles. The third kappa shape index (κ3) is 1.89. The summed E-state index contributed by atoms with van der Waals surface area (Å²) in [6, 6.07) is 0. The lowest BCUT2D eigenvalue weighted by Crippen LogP contribution is -2.23. The summed E-state index contributed by atoms with van der Waals surface area (Å²) < 4.78 is 0.518. The highest BCUT2D eigenvalue weighted by molar-refractivity contribution is 8.01. The number of nitrogens with two attached hydrogens (primary N) is 1. The molecule has 2 unspecified atom stereocenters. The molecule has 76 valence electrons. The molecule has 2 rings (SSSR count). The van der Waals surface area contributed by atoms with Gasteiger partial charge in [0.05, 0.1) is 0 Å². The van der Waals surface area contributed by atoms with Crippen molar-refractivity contribution in [2.45, 2.75) is 55.4 Å². The van der Waals surface area contributed by atoms with Crippen LogP contribution in [0.15, 0.2) is 0 Å². The minimum Gasteiger partial charge on any atom is -0.329 e. The second kappa shape index (κ2) is 3.82. The Balaban J connectivity index is 1.85. The number of rotatable bonds is 4. The highest BCUT2D eigenvalue weighted by Gasteiger charge is 2.53. The minimum absolute atomic E-state index is 0.518. The van der Waals surface area contributed by atoms with Crippen molar-refractivity contribution in [1.82, 2.24) is 0 Å². The van der Waals surface area contributed by atoms with E-state index < -0.39 is 0 Å². The molecule has 0 radical (unpaired) electrons. The zero-order chi connectivity index (χ0) is 9.31. The van der Waals surface area contributed by atoms with E-state index in [2.05, 4.69) is 18.7 Å². The molecule has 2 atom stereocenters. The first-order valence-electron chi connectivity index (χ1n) is 5.68. The Bertz CT molecular complexity index is 177. The van der Waals surface area contributed by atoms with E-state index in [0.29, 0.717) is 4.75 Å². The maximum absolute atomic E-state index is 5.89. The van der Waals surface area contributed by atoms with Crippen LogP contribution in [-0.4, -0.2) is 16.5 Å². The van der Waals surface area contributed by atoms with E-state index in [4.69, 9.17) is 5.73 Å². The second-order valence-corrected chi connectivity index (χ2v) is 6.32. The quantitative estimate of drug-likeness (QED) is 0.753. The summed E-state index contributed by atoms with van der Waals surface area (Å²) in [5, 5.41) is 0.945. The van der Waals surface area contributed by atoms with Gasteiger partial charge in [0.15, 0.2) is 0 Å². The first-order chi connectivity index (χ1) is 6.30. The third-order valence-electron chi connectivity index (χ3n) is 3.72. The van der Waals surface area contributed by atoms with Crippen molar-refractivity contribution in [3.63, 3.8) is 0 Å². The normalized spacial score (nSPS) is 39.7. The molecular formula is C11H21NS. The smallest absolute Gasteiger partial charge is 0.0316 e. The van der Waals surface area contributed by atoms with E-state index in [1.54, 1.807) is 0 Å². The average molecular weight is 199 g/mol. The molecule has 0 saturated heterocycles. The molecule has 1 nitrogen and oxygen atoms in total. The van der Waals surface area contributed by atoms with Gasteiger partial charge in [0.25, 0.3) is 0 Å². The highest BCUT2D eigenvalue weighted by atomic mass is 32.2. The lowest BCUT2D eigenvalue weighted by molar-refractivity contribution is 0.713. The van der Waals surface area contributed by atoms with E-state index in [-0.39, 0.29) is 0 Å². The molecule has 2 fully saturated rings. The summed E-state index contributed by atoms with van der Waals surface area (Å²) in [6.07, 6.45) is 8.52. The molecular weight excluding hydrogens is 178 g/mol. The Morgan fingerprint density at radius 2 is 2.08 bits per heavy atom. The Hall–Kier alpha value is 0.310. The fourth-order valence-electron chi connectivity index (χ4n) is 2.66. The number of thioether (sulfide) groups is 1. The molecule has 0 aromatic carbocycles. The summed E-state index contributed by atoms with van der Waals surface area (Å²) >= 11 is 2.23. The van der Waals surface area contributed by atoms with Crippen LogP contribution in [-0.2, 0) is 0 Å². The van der Waals surface area contributed by atoms with E-state index in [1.165, 1.54) is 38.5 Å². The predicted octanol–water partition coefficient (Wildman–Crippen LogP) is 2.79. The maximum atomic E-state index is 5.89. The van der Waals surface area contributed by atoms with Crippen LogP contribution in [0.4, 0.5) is 0 Å². The number of hydrogen-bond donors (Lipinski definition) is 1. The molecule has 0 amide bonds. The lowest BCUT2D eigenvalue weighted by atomic mass is 10.2. The van der Waals surface area contributed by atoms with Crippen molar-refractivity contribution in [3.05, 3.63) is 0 Å². The predicted molar refractivity (Wildman–Crippen MR) is 60.0 cm³/mol. The average Bonchev–Trinajstić information content (AvgIpc) is 2.60. The van der Waals surface area contributed by atoms with Gasteiger partial charge in [-0.05, 0) is 25.2 Å². The van der Waals surface area contributed by atoms with Gasteiger partial charge in [0.1, 0.15) is 0 Å². The fraction of sp³-hybridized carbons (Fsp3) is 1.00. The Labute approximate surface area is 85.8 Å². The standard InChI is InChI=1S/C11H21NS/c1-2-9-7-11(9,8-12)13-10-5-3-4-6-10/h9-10H,2-8,12H2,1H3. The van der Waals surface area contributed by atoms with Gasteiger partial charge < -0.3 is 5.73 Å². The fourth-order valence-corrected chi connectivity index (χ4v) is 4.64.